The lowest BCUT2D eigenvalue weighted by molar-refractivity contribution is 0.486. The number of rotatable bonds is 4. The molecular formula is C12H21ClN2. The topological polar surface area (TPSA) is 17.8 Å². The third-order valence-electron chi connectivity index (χ3n) is 2.60. The van der Waals surface area contributed by atoms with Gasteiger partial charge >= 0.3 is 0 Å². The Kier molecular flexibility index (Phi) is 4.21. The molecule has 0 aromatic carbocycles. The van der Waals surface area contributed by atoms with Gasteiger partial charge in [0.25, 0.3) is 0 Å². The molecule has 0 spiro atoms. The fourth-order valence-electron chi connectivity index (χ4n) is 1.75. The minimum absolute atomic E-state index is 0.449. The minimum Gasteiger partial charge on any atom is -0.253 e. The predicted octanol–water partition coefficient (Wildman–Crippen LogP) is 4.01. The summed E-state index contributed by atoms with van der Waals surface area (Å²) in [5, 5.41) is 5.31. The normalized spacial score (nSPS) is 11.7. The van der Waals surface area contributed by atoms with Gasteiger partial charge in [0.05, 0.1) is 5.69 Å². The first-order valence-corrected chi connectivity index (χ1v) is 6.04. The SMILES string of the molecule is Cc1nn(CCC(C)C)c(Cl)c1C(C)C. The Hall–Kier alpha value is -0.500. The molecule has 0 aliphatic rings. The van der Waals surface area contributed by atoms with E-state index < -0.39 is 0 Å². The molecule has 0 aliphatic carbocycles. The van der Waals surface area contributed by atoms with Crippen molar-refractivity contribution in [3.63, 3.8) is 0 Å². The first-order valence-electron chi connectivity index (χ1n) is 5.66. The fraction of sp³-hybridized carbons (Fsp3) is 0.750. The van der Waals surface area contributed by atoms with Crippen molar-refractivity contribution in [2.75, 3.05) is 0 Å². The second kappa shape index (κ2) is 5.02. The lowest BCUT2D eigenvalue weighted by atomic mass is 10.1. The molecule has 1 rings (SSSR count). The van der Waals surface area contributed by atoms with Crippen LogP contribution in [0.4, 0.5) is 0 Å². The molecule has 0 bridgehead atoms. The summed E-state index contributed by atoms with van der Waals surface area (Å²) in [5.74, 6) is 1.14. The molecule has 0 atom stereocenters. The van der Waals surface area contributed by atoms with Crippen LogP contribution in [-0.2, 0) is 6.54 Å². The summed E-state index contributed by atoms with van der Waals surface area (Å²) in [6.07, 6.45) is 1.12. The van der Waals surface area contributed by atoms with Gasteiger partial charge < -0.3 is 0 Å². The first-order chi connectivity index (χ1) is 6.93. The smallest absolute Gasteiger partial charge is 0.130 e. The summed E-state index contributed by atoms with van der Waals surface area (Å²) in [7, 11) is 0. The number of nitrogens with zero attached hydrogens (tertiary/aromatic N) is 2. The Labute approximate surface area is 97.6 Å². The molecule has 0 radical (unpaired) electrons. The Morgan fingerprint density at radius 3 is 2.27 bits per heavy atom. The molecule has 1 aromatic rings. The average Bonchev–Trinajstić information content (AvgIpc) is 2.37. The Morgan fingerprint density at radius 2 is 1.87 bits per heavy atom. The van der Waals surface area contributed by atoms with Crippen molar-refractivity contribution in [1.82, 2.24) is 9.78 Å². The molecule has 3 heteroatoms. The maximum atomic E-state index is 6.31. The lowest BCUT2D eigenvalue weighted by Crippen LogP contribution is -2.03. The highest BCUT2D eigenvalue weighted by Crippen LogP contribution is 2.27. The molecule has 0 saturated carbocycles. The molecule has 0 aliphatic heterocycles. The highest BCUT2D eigenvalue weighted by molar-refractivity contribution is 6.30. The zero-order valence-electron chi connectivity index (χ0n) is 10.3. The van der Waals surface area contributed by atoms with Gasteiger partial charge in [-0.2, -0.15) is 5.10 Å². The Morgan fingerprint density at radius 1 is 1.27 bits per heavy atom. The van der Waals surface area contributed by atoms with E-state index in [1.807, 2.05) is 11.6 Å². The zero-order chi connectivity index (χ0) is 11.6. The minimum atomic E-state index is 0.449. The van der Waals surface area contributed by atoms with E-state index in [4.69, 9.17) is 11.6 Å². The highest BCUT2D eigenvalue weighted by Gasteiger charge is 2.15. The van der Waals surface area contributed by atoms with Crippen LogP contribution >= 0.6 is 11.6 Å². The van der Waals surface area contributed by atoms with Crippen molar-refractivity contribution < 1.29 is 0 Å². The molecule has 1 heterocycles. The van der Waals surface area contributed by atoms with Crippen molar-refractivity contribution in [3.8, 4) is 0 Å². The third kappa shape index (κ3) is 2.97. The second-order valence-corrected chi connectivity index (χ2v) is 5.21. The van der Waals surface area contributed by atoms with Crippen LogP contribution in [0.1, 0.15) is 51.3 Å². The largest absolute Gasteiger partial charge is 0.253 e. The van der Waals surface area contributed by atoms with Gasteiger partial charge in [-0.25, -0.2) is 0 Å². The molecule has 2 nitrogen and oxygen atoms in total. The van der Waals surface area contributed by atoms with Crippen molar-refractivity contribution in [1.29, 1.82) is 0 Å². The monoisotopic (exact) mass is 228 g/mol. The van der Waals surface area contributed by atoms with Crippen molar-refractivity contribution >= 4 is 11.6 Å². The van der Waals surface area contributed by atoms with Crippen LogP contribution in [0.2, 0.25) is 5.15 Å². The van der Waals surface area contributed by atoms with Gasteiger partial charge in [-0.05, 0) is 25.2 Å². The van der Waals surface area contributed by atoms with E-state index in [1.54, 1.807) is 0 Å². The van der Waals surface area contributed by atoms with Gasteiger partial charge in [-0.3, -0.25) is 4.68 Å². The van der Waals surface area contributed by atoms with Gasteiger partial charge in [0.1, 0.15) is 5.15 Å². The summed E-state index contributed by atoms with van der Waals surface area (Å²) >= 11 is 6.31. The quantitative estimate of drug-likeness (QED) is 0.761. The maximum Gasteiger partial charge on any atom is 0.130 e. The molecule has 0 unspecified atom stereocenters. The molecular weight excluding hydrogens is 208 g/mol. The van der Waals surface area contributed by atoms with E-state index in [2.05, 4.69) is 32.8 Å². The average molecular weight is 229 g/mol. The molecule has 0 saturated heterocycles. The zero-order valence-corrected chi connectivity index (χ0v) is 11.1. The number of aryl methyl sites for hydroxylation is 2. The van der Waals surface area contributed by atoms with Crippen LogP contribution in [0.25, 0.3) is 0 Å². The van der Waals surface area contributed by atoms with Crippen LogP contribution in [0.3, 0.4) is 0 Å². The van der Waals surface area contributed by atoms with Crippen LogP contribution in [0, 0.1) is 12.8 Å². The summed E-state index contributed by atoms with van der Waals surface area (Å²) in [6.45, 7) is 11.7. The lowest BCUT2D eigenvalue weighted by Gasteiger charge is -2.07. The van der Waals surface area contributed by atoms with Crippen molar-refractivity contribution in [2.24, 2.45) is 5.92 Å². The van der Waals surface area contributed by atoms with Gasteiger partial charge in [0, 0.05) is 12.1 Å². The highest BCUT2D eigenvalue weighted by atomic mass is 35.5. The third-order valence-corrected chi connectivity index (χ3v) is 3.00. The summed E-state index contributed by atoms with van der Waals surface area (Å²) in [6, 6.07) is 0. The van der Waals surface area contributed by atoms with E-state index in [9.17, 15) is 0 Å². The Balaban J connectivity index is 2.87. The number of hydrogen-bond acceptors (Lipinski definition) is 1. The standard InChI is InChI=1S/C12H21ClN2/c1-8(2)6-7-15-12(13)11(9(3)4)10(5)14-15/h8-9H,6-7H2,1-5H3. The fourth-order valence-corrected chi connectivity index (χ4v) is 2.23. The van der Waals surface area contributed by atoms with E-state index in [0.29, 0.717) is 11.8 Å². The van der Waals surface area contributed by atoms with Gasteiger partial charge in [0.2, 0.25) is 0 Å². The van der Waals surface area contributed by atoms with E-state index in [1.165, 1.54) is 5.56 Å². The van der Waals surface area contributed by atoms with Gasteiger partial charge in [-0.15, -0.1) is 0 Å². The van der Waals surface area contributed by atoms with Gasteiger partial charge in [-0.1, -0.05) is 39.3 Å². The molecule has 1 aromatic heterocycles. The number of hydrogen-bond donors (Lipinski definition) is 0. The van der Waals surface area contributed by atoms with E-state index >= 15 is 0 Å². The van der Waals surface area contributed by atoms with Crippen LogP contribution in [0.5, 0.6) is 0 Å². The van der Waals surface area contributed by atoms with Crippen LogP contribution in [0.15, 0.2) is 0 Å². The predicted molar refractivity (Wildman–Crippen MR) is 65.5 cm³/mol. The number of aromatic nitrogens is 2. The van der Waals surface area contributed by atoms with E-state index in [0.717, 1.165) is 23.8 Å². The van der Waals surface area contributed by atoms with Gasteiger partial charge in [0.15, 0.2) is 0 Å². The van der Waals surface area contributed by atoms with Crippen molar-refractivity contribution in [2.45, 2.75) is 53.5 Å². The molecule has 0 amide bonds. The summed E-state index contributed by atoms with van der Waals surface area (Å²) in [5.41, 5.74) is 2.26. The maximum absolute atomic E-state index is 6.31. The van der Waals surface area contributed by atoms with Crippen molar-refractivity contribution in [3.05, 3.63) is 16.4 Å². The van der Waals surface area contributed by atoms with E-state index in [-0.39, 0.29) is 0 Å². The Bertz CT molecular complexity index is 327. The van der Waals surface area contributed by atoms with Crippen LogP contribution in [-0.4, -0.2) is 9.78 Å². The molecule has 15 heavy (non-hydrogen) atoms. The first kappa shape index (κ1) is 12.6. The van der Waals surface area contributed by atoms with Crippen LogP contribution < -0.4 is 0 Å². The molecule has 0 N–H and O–H groups in total. The molecule has 86 valence electrons. The number of halogens is 1. The second-order valence-electron chi connectivity index (χ2n) is 4.85. The molecule has 0 fully saturated rings. The summed E-state index contributed by atoms with van der Waals surface area (Å²) < 4.78 is 1.94. The summed E-state index contributed by atoms with van der Waals surface area (Å²) in [4.78, 5) is 0.